The first kappa shape index (κ1) is 10.9. The maximum absolute atomic E-state index is 11.2. The van der Waals surface area contributed by atoms with Crippen LogP contribution in [0.2, 0.25) is 0 Å². The molecular formula is C10H13NO2S. The normalized spacial score (nSPS) is 9.64. The lowest BCUT2D eigenvalue weighted by Gasteiger charge is -1.95. The highest BCUT2D eigenvalue weighted by Crippen LogP contribution is 2.14. The Morgan fingerprint density at radius 3 is 2.93 bits per heavy atom. The van der Waals surface area contributed by atoms with Gasteiger partial charge in [-0.05, 0) is 26.8 Å². The molecule has 76 valence electrons. The van der Waals surface area contributed by atoms with Gasteiger partial charge in [-0.1, -0.05) is 5.57 Å². The van der Waals surface area contributed by atoms with Gasteiger partial charge < -0.3 is 4.74 Å². The first-order valence-corrected chi connectivity index (χ1v) is 5.29. The number of aromatic nitrogens is 1. The highest BCUT2D eigenvalue weighted by molar-refractivity contribution is 7.10. The van der Waals surface area contributed by atoms with E-state index < -0.39 is 0 Å². The Bertz CT molecular complexity index is 351. The Morgan fingerprint density at radius 2 is 2.36 bits per heavy atom. The van der Waals surface area contributed by atoms with Crippen LogP contribution in [0.1, 0.15) is 36.3 Å². The van der Waals surface area contributed by atoms with Crippen LogP contribution >= 0.6 is 11.3 Å². The van der Waals surface area contributed by atoms with Crippen LogP contribution in [0.15, 0.2) is 11.0 Å². The molecule has 0 aliphatic carbocycles. The van der Waals surface area contributed by atoms with E-state index in [1.807, 2.05) is 19.9 Å². The smallest absolute Gasteiger partial charge is 0.357 e. The van der Waals surface area contributed by atoms with E-state index >= 15 is 0 Å². The average molecular weight is 211 g/mol. The Hall–Kier alpha value is -1.16. The van der Waals surface area contributed by atoms with E-state index in [0.29, 0.717) is 12.3 Å². The molecule has 3 nitrogen and oxygen atoms in total. The molecule has 1 heterocycles. The van der Waals surface area contributed by atoms with Crippen molar-refractivity contribution < 1.29 is 9.53 Å². The number of hydrogen-bond acceptors (Lipinski definition) is 4. The SMILES string of the molecule is CCOC(=O)c1csc(C=C(C)C)n1. The zero-order valence-corrected chi connectivity index (χ0v) is 9.35. The molecule has 0 amide bonds. The van der Waals surface area contributed by atoms with Crippen molar-refractivity contribution in [3.63, 3.8) is 0 Å². The fraction of sp³-hybridized carbons (Fsp3) is 0.400. The maximum atomic E-state index is 11.2. The second-order valence-corrected chi connectivity index (χ2v) is 3.90. The summed E-state index contributed by atoms with van der Waals surface area (Å²) in [5.74, 6) is -0.350. The fourth-order valence-corrected chi connectivity index (χ4v) is 1.74. The molecule has 0 saturated heterocycles. The van der Waals surface area contributed by atoms with Gasteiger partial charge in [-0.15, -0.1) is 11.3 Å². The Morgan fingerprint density at radius 1 is 1.64 bits per heavy atom. The Balaban J connectivity index is 2.78. The number of thiazole rings is 1. The van der Waals surface area contributed by atoms with E-state index in [1.54, 1.807) is 12.3 Å². The van der Waals surface area contributed by atoms with Crippen LogP contribution < -0.4 is 0 Å². The van der Waals surface area contributed by atoms with E-state index in [9.17, 15) is 4.79 Å². The number of hydrogen-bond donors (Lipinski definition) is 0. The van der Waals surface area contributed by atoms with Crippen LogP contribution in [0.4, 0.5) is 0 Å². The second-order valence-electron chi connectivity index (χ2n) is 3.01. The van der Waals surface area contributed by atoms with Crippen LogP contribution in [-0.2, 0) is 4.74 Å². The maximum Gasteiger partial charge on any atom is 0.357 e. The summed E-state index contributed by atoms with van der Waals surface area (Å²) in [5, 5.41) is 2.56. The third kappa shape index (κ3) is 2.96. The fourth-order valence-electron chi connectivity index (χ4n) is 0.900. The van der Waals surface area contributed by atoms with E-state index in [4.69, 9.17) is 4.74 Å². The standard InChI is InChI=1S/C10H13NO2S/c1-4-13-10(12)8-6-14-9(11-8)5-7(2)3/h5-6H,4H2,1-3H3. The average Bonchev–Trinajstić information content (AvgIpc) is 2.52. The van der Waals surface area contributed by atoms with Crippen molar-refractivity contribution in [3.05, 3.63) is 21.7 Å². The molecule has 0 fully saturated rings. The van der Waals surface area contributed by atoms with Crippen molar-refractivity contribution in [1.29, 1.82) is 0 Å². The third-order valence-corrected chi connectivity index (χ3v) is 2.21. The zero-order chi connectivity index (χ0) is 10.6. The molecule has 1 aromatic heterocycles. The number of esters is 1. The Kier molecular flexibility index (Phi) is 3.83. The van der Waals surface area contributed by atoms with Crippen molar-refractivity contribution in [3.8, 4) is 0 Å². The topological polar surface area (TPSA) is 39.2 Å². The molecule has 0 aromatic carbocycles. The zero-order valence-electron chi connectivity index (χ0n) is 8.53. The quantitative estimate of drug-likeness (QED) is 0.722. The molecule has 0 bridgehead atoms. The largest absolute Gasteiger partial charge is 0.461 e. The van der Waals surface area contributed by atoms with Gasteiger partial charge in [-0.3, -0.25) is 0 Å². The van der Waals surface area contributed by atoms with Crippen molar-refractivity contribution >= 4 is 23.4 Å². The predicted molar refractivity (Wildman–Crippen MR) is 57.4 cm³/mol. The summed E-state index contributed by atoms with van der Waals surface area (Å²) in [6.45, 7) is 6.15. The van der Waals surface area contributed by atoms with Gasteiger partial charge in [0.15, 0.2) is 5.69 Å². The number of allylic oxidation sites excluding steroid dienone is 1. The molecule has 0 radical (unpaired) electrons. The lowest BCUT2D eigenvalue weighted by molar-refractivity contribution is 0.0520. The molecule has 14 heavy (non-hydrogen) atoms. The molecule has 0 N–H and O–H groups in total. The lowest BCUT2D eigenvalue weighted by atomic mass is 10.3. The van der Waals surface area contributed by atoms with Crippen LogP contribution in [0.3, 0.4) is 0 Å². The molecule has 1 rings (SSSR count). The van der Waals surface area contributed by atoms with E-state index in [2.05, 4.69) is 4.98 Å². The number of ether oxygens (including phenoxy) is 1. The summed E-state index contributed by atoms with van der Waals surface area (Å²) < 4.78 is 4.83. The summed E-state index contributed by atoms with van der Waals surface area (Å²) in [6, 6.07) is 0. The highest BCUT2D eigenvalue weighted by Gasteiger charge is 2.09. The number of carbonyl (C=O) groups is 1. The first-order valence-electron chi connectivity index (χ1n) is 4.41. The van der Waals surface area contributed by atoms with Gasteiger partial charge in [-0.2, -0.15) is 0 Å². The minimum absolute atomic E-state index is 0.350. The van der Waals surface area contributed by atoms with E-state index in [0.717, 1.165) is 10.6 Å². The summed E-state index contributed by atoms with van der Waals surface area (Å²) in [4.78, 5) is 15.4. The number of rotatable bonds is 3. The molecule has 4 heteroatoms. The van der Waals surface area contributed by atoms with Crippen LogP contribution in [0, 0.1) is 0 Å². The van der Waals surface area contributed by atoms with Gasteiger partial charge in [0.05, 0.1) is 6.61 Å². The minimum atomic E-state index is -0.350. The van der Waals surface area contributed by atoms with Gasteiger partial charge in [0.2, 0.25) is 0 Å². The number of carbonyl (C=O) groups excluding carboxylic acids is 1. The van der Waals surface area contributed by atoms with Crippen LogP contribution in [0.5, 0.6) is 0 Å². The lowest BCUT2D eigenvalue weighted by Crippen LogP contribution is -2.04. The van der Waals surface area contributed by atoms with Gasteiger partial charge in [0, 0.05) is 5.38 Å². The molecule has 0 atom stereocenters. The van der Waals surface area contributed by atoms with Crippen molar-refractivity contribution in [2.45, 2.75) is 20.8 Å². The van der Waals surface area contributed by atoms with Gasteiger partial charge in [-0.25, -0.2) is 9.78 Å². The summed E-state index contributed by atoms with van der Waals surface area (Å²) in [7, 11) is 0. The van der Waals surface area contributed by atoms with Gasteiger partial charge in [0.25, 0.3) is 0 Å². The second kappa shape index (κ2) is 4.91. The molecule has 0 aliphatic heterocycles. The molecular weight excluding hydrogens is 198 g/mol. The third-order valence-electron chi connectivity index (χ3n) is 1.42. The predicted octanol–water partition coefficient (Wildman–Crippen LogP) is 2.74. The van der Waals surface area contributed by atoms with Crippen molar-refractivity contribution in [2.24, 2.45) is 0 Å². The molecule has 0 saturated carbocycles. The van der Waals surface area contributed by atoms with Crippen molar-refractivity contribution in [2.75, 3.05) is 6.61 Å². The van der Waals surface area contributed by atoms with E-state index in [-0.39, 0.29) is 5.97 Å². The Labute approximate surface area is 87.4 Å². The monoisotopic (exact) mass is 211 g/mol. The molecule has 0 unspecified atom stereocenters. The molecule has 0 spiro atoms. The first-order chi connectivity index (χ1) is 6.63. The summed E-state index contributed by atoms with van der Waals surface area (Å²) in [6.07, 6.45) is 1.94. The van der Waals surface area contributed by atoms with Crippen molar-refractivity contribution in [1.82, 2.24) is 4.98 Å². The van der Waals surface area contributed by atoms with E-state index in [1.165, 1.54) is 11.3 Å². The minimum Gasteiger partial charge on any atom is -0.461 e. The summed E-state index contributed by atoms with van der Waals surface area (Å²) >= 11 is 1.44. The molecule has 0 aliphatic rings. The summed E-state index contributed by atoms with van der Waals surface area (Å²) in [5.41, 5.74) is 1.55. The van der Waals surface area contributed by atoms with Gasteiger partial charge in [0.1, 0.15) is 5.01 Å². The van der Waals surface area contributed by atoms with Crippen LogP contribution in [-0.4, -0.2) is 17.6 Å². The number of nitrogens with zero attached hydrogens (tertiary/aromatic N) is 1. The van der Waals surface area contributed by atoms with Gasteiger partial charge >= 0.3 is 5.97 Å². The highest BCUT2D eigenvalue weighted by atomic mass is 32.1. The molecule has 1 aromatic rings. The van der Waals surface area contributed by atoms with Crippen LogP contribution in [0.25, 0.3) is 6.08 Å².